The highest BCUT2D eigenvalue weighted by molar-refractivity contribution is 5.49. The van der Waals surface area contributed by atoms with E-state index in [9.17, 15) is 4.39 Å². The molecule has 0 amide bonds. The summed E-state index contributed by atoms with van der Waals surface area (Å²) in [5.41, 5.74) is 0.468. The van der Waals surface area contributed by atoms with E-state index < -0.39 is 6.67 Å². The lowest BCUT2D eigenvalue weighted by Gasteiger charge is -1.98. The van der Waals surface area contributed by atoms with Gasteiger partial charge >= 0.3 is 0 Å². The highest BCUT2D eigenvalue weighted by Crippen LogP contribution is 1.94. The molecule has 0 aromatic heterocycles. The SMILES string of the molecule is [CH2-][NH+]1C=NC(CF)=C1. The molecule has 0 radical (unpaired) electrons. The summed E-state index contributed by atoms with van der Waals surface area (Å²) < 4.78 is 11.6. The highest BCUT2D eigenvalue weighted by Gasteiger charge is 2.01. The minimum absolute atomic E-state index is 0.468. The second-order valence-electron chi connectivity index (χ2n) is 1.60. The van der Waals surface area contributed by atoms with Crippen molar-refractivity contribution in [3.05, 3.63) is 18.9 Å². The van der Waals surface area contributed by atoms with Gasteiger partial charge in [-0.3, -0.25) is 0 Å². The van der Waals surface area contributed by atoms with Crippen molar-refractivity contribution >= 4 is 6.34 Å². The maximum atomic E-state index is 11.6. The number of rotatable bonds is 1. The number of hydrogen-bond acceptors (Lipinski definition) is 1. The average Bonchev–Trinajstić information content (AvgIpc) is 2.14. The van der Waals surface area contributed by atoms with E-state index in [1.165, 1.54) is 0 Å². The molecule has 1 rings (SSSR count). The largest absolute Gasteiger partial charge is 0.397 e. The van der Waals surface area contributed by atoms with E-state index in [0.29, 0.717) is 5.70 Å². The van der Waals surface area contributed by atoms with Crippen molar-refractivity contribution in [2.75, 3.05) is 6.67 Å². The van der Waals surface area contributed by atoms with Crippen LogP contribution < -0.4 is 4.90 Å². The average molecular weight is 114 g/mol. The van der Waals surface area contributed by atoms with Crippen LogP contribution in [0.5, 0.6) is 0 Å². The topological polar surface area (TPSA) is 16.8 Å². The van der Waals surface area contributed by atoms with Crippen molar-refractivity contribution in [3.8, 4) is 0 Å². The van der Waals surface area contributed by atoms with Crippen LogP contribution in [-0.2, 0) is 0 Å². The van der Waals surface area contributed by atoms with Gasteiger partial charge in [0.2, 0.25) is 0 Å². The second-order valence-corrected chi connectivity index (χ2v) is 1.60. The molecule has 1 N–H and O–H groups in total. The molecular formula is C5H7FN2. The monoisotopic (exact) mass is 114 g/mol. The molecule has 1 heterocycles. The van der Waals surface area contributed by atoms with Gasteiger partial charge in [0.1, 0.15) is 12.4 Å². The zero-order valence-corrected chi connectivity index (χ0v) is 4.39. The molecule has 0 aromatic carbocycles. The highest BCUT2D eigenvalue weighted by atomic mass is 19.1. The standard InChI is InChI=1S/C5H7FN2/c1-8-3-5(2-6)7-4-8/h3-4,8H,1-2H2. The number of nitrogens with one attached hydrogen (secondary N) is 1. The Bertz CT molecular complexity index is 139. The lowest BCUT2D eigenvalue weighted by molar-refractivity contribution is -0.679. The van der Waals surface area contributed by atoms with Gasteiger partial charge in [0.15, 0.2) is 6.34 Å². The molecule has 0 saturated carbocycles. The molecule has 0 fully saturated rings. The van der Waals surface area contributed by atoms with Crippen molar-refractivity contribution in [2.45, 2.75) is 0 Å². The van der Waals surface area contributed by atoms with Crippen LogP contribution in [0.4, 0.5) is 4.39 Å². The number of halogens is 1. The summed E-state index contributed by atoms with van der Waals surface area (Å²) in [5, 5.41) is 0. The predicted molar refractivity (Wildman–Crippen MR) is 28.9 cm³/mol. The van der Waals surface area contributed by atoms with Gasteiger partial charge in [0.25, 0.3) is 0 Å². The third-order valence-electron chi connectivity index (χ3n) is 0.885. The number of hydrogen-bond donors (Lipinski definition) is 1. The Balaban J connectivity index is 2.58. The molecule has 1 aliphatic heterocycles. The van der Waals surface area contributed by atoms with Crippen molar-refractivity contribution < 1.29 is 9.29 Å². The van der Waals surface area contributed by atoms with Crippen LogP contribution in [0.3, 0.4) is 0 Å². The van der Waals surface area contributed by atoms with Gasteiger partial charge in [-0.05, 0) is 0 Å². The number of aliphatic imine (C=N–C) groups is 1. The summed E-state index contributed by atoms with van der Waals surface area (Å²) in [7, 11) is 3.56. The molecule has 0 aliphatic carbocycles. The summed E-state index contributed by atoms with van der Waals surface area (Å²) in [4.78, 5) is 4.47. The Morgan fingerprint density at radius 2 is 2.62 bits per heavy atom. The van der Waals surface area contributed by atoms with Gasteiger partial charge in [-0.1, -0.05) is 0 Å². The molecule has 1 aliphatic rings. The van der Waals surface area contributed by atoms with E-state index in [4.69, 9.17) is 0 Å². The third kappa shape index (κ3) is 0.924. The Morgan fingerprint density at radius 3 is 2.88 bits per heavy atom. The smallest absolute Gasteiger partial charge is 0.166 e. The summed E-state index contributed by atoms with van der Waals surface area (Å²) in [6, 6.07) is 0. The third-order valence-corrected chi connectivity index (χ3v) is 0.885. The predicted octanol–water partition coefficient (Wildman–Crippen LogP) is -0.484. The molecule has 0 saturated heterocycles. The molecular weight excluding hydrogens is 107 g/mol. The first-order valence-electron chi connectivity index (χ1n) is 2.32. The van der Waals surface area contributed by atoms with E-state index in [-0.39, 0.29) is 0 Å². The van der Waals surface area contributed by atoms with Gasteiger partial charge < -0.3 is 4.90 Å². The Morgan fingerprint density at radius 1 is 1.88 bits per heavy atom. The molecule has 8 heavy (non-hydrogen) atoms. The molecule has 0 bridgehead atoms. The molecule has 0 spiro atoms. The Labute approximate surface area is 47.3 Å². The Kier molecular flexibility index (Phi) is 1.39. The van der Waals surface area contributed by atoms with Crippen LogP contribution in [0.15, 0.2) is 16.9 Å². The lowest BCUT2D eigenvalue weighted by Crippen LogP contribution is -2.99. The minimum Gasteiger partial charge on any atom is -0.397 e. The molecule has 2 nitrogen and oxygen atoms in total. The second kappa shape index (κ2) is 2.05. The Hall–Kier alpha value is -0.700. The maximum Gasteiger partial charge on any atom is 0.166 e. The molecule has 1 atom stereocenters. The number of allylic oxidation sites excluding steroid dienone is 1. The summed E-state index contributed by atoms with van der Waals surface area (Å²) in [5.74, 6) is 0. The quantitative estimate of drug-likeness (QED) is 0.443. The van der Waals surface area contributed by atoms with Gasteiger partial charge in [0, 0.05) is 0 Å². The van der Waals surface area contributed by atoms with Gasteiger partial charge in [-0.2, -0.15) is 0 Å². The molecule has 0 aromatic rings. The van der Waals surface area contributed by atoms with E-state index in [1.54, 1.807) is 12.5 Å². The van der Waals surface area contributed by atoms with E-state index in [1.807, 2.05) is 0 Å². The first kappa shape index (κ1) is 5.44. The van der Waals surface area contributed by atoms with E-state index in [2.05, 4.69) is 12.0 Å². The minimum atomic E-state index is -0.491. The van der Waals surface area contributed by atoms with Crippen LogP contribution in [0.2, 0.25) is 0 Å². The number of nitrogens with zero attached hydrogens (tertiary/aromatic N) is 1. The van der Waals surface area contributed by atoms with Crippen molar-refractivity contribution in [2.24, 2.45) is 4.99 Å². The van der Waals surface area contributed by atoms with Crippen molar-refractivity contribution in [3.63, 3.8) is 0 Å². The van der Waals surface area contributed by atoms with Crippen LogP contribution in [0.1, 0.15) is 0 Å². The summed E-state index contributed by atoms with van der Waals surface area (Å²) >= 11 is 0. The van der Waals surface area contributed by atoms with Crippen LogP contribution in [0.25, 0.3) is 0 Å². The lowest BCUT2D eigenvalue weighted by atomic mass is 10.5. The van der Waals surface area contributed by atoms with Gasteiger partial charge in [0.05, 0.1) is 6.20 Å². The first-order valence-corrected chi connectivity index (χ1v) is 2.32. The van der Waals surface area contributed by atoms with Gasteiger partial charge in [-0.25, -0.2) is 9.38 Å². The fourth-order valence-electron chi connectivity index (χ4n) is 0.527. The van der Waals surface area contributed by atoms with Crippen molar-refractivity contribution in [1.82, 2.24) is 0 Å². The summed E-state index contributed by atoms with van der Waals surface area (Å²) in [6.07, 6.45) is 3.18. The van der Waals surface area contributed by atoms with E-state index in [0.717, 1.165) is 4.90 Å². The summed E-state index contributed by atoms with van der Waals surface area (Å²) in [6.45, 7) is -0.491. The van der Waals surface area contributed by atoms with Crippen LogP contribution in [0, 0.1) is 7.05 Å². The molecule has 1 unspecified atom stereocenters. The van der Waals surface area contributed by atoms with Gasteiger partial charge in [-0.15, -0.1) is 7.05 Å². The molecule has 44 valence electrons. The zero-order chi connectivity index (χ0) is 5.98. The molecule has 3 heteroatoms. The van der Waals surface area contributed by atoms with E-state index >= 15 is 0 Å². The fourth-order valence-corrected chi connectivity index (χ4v) is 0.527. The fraction of sp³-hybridized carbons (Fsp3) is 0.200. The normalized spacial score (nSPS) is 26.2. The number of alkyl halides is 1. The van der Waals surface area contributed by atoms with Crippen LogP contribution in [-0.4, -0.2) is 13.0 Å². The number of quaternary nitrogens is 1. The maximum absolute atomic E-state index is 11.6. The first-order chi connectivity index (χ1) is 3.83. The van der Waals surface area contributed by atoms with Crippen molar-refractivity contribution in [1.29, 1.82) is 0 Å². The zero-order valence-electron chi connectivity index (χ0n) is 4.39. The van der Waals surface area contributed by atoms with Crippen LogP contribution >= 0.6 is 0 Å².